The standard InChI is InChI=1S/C14H16F2N2O/c1-8-2-11(13(16)3-12(8)15)14(19)18-6-9-4-17-5-10(9)7-18/h2-3,9-10,17H,4-7H2,1H3/t9-,10+. The van der Waals surface area contributed by atoms with Crippen LogP contribution in [-0.2, 0) is 0 Å². The molecule has 19 heavy (non-hydrogen) atoms. The summed E-state index contributed by atoms with van der Waals surface area (Å²) in [4.78, 5) is 14.0. The molecular formula is C14H16F2N2O. The second-order valence-corrected chi connectivity index (χ2v) is 5.47. The summed E-state index contributed by atoms with van der Waals surface area (Å²) in [6.45, 7) is 4.69. The lowest BCUT2D eigenvalue weighted by atomic mass is 10.0. The van der Waals surface area contributed by atoms with E-state index in [0.29, 0.717) is 30.5 Å². The Kier molecular flexibility index (Phi) is 3.01. The van der Waals surface area contributed by atoms with Gasteiger partial charge >= 0.3 is 0 Å². The lowest BCUT2D eigenvalue weighted by molar-refractivity contribution is 0.0777. The van der Waals surface area contributed by atoms with E-state index in [-0.39, 0.29) is 11.5 Å². The zero-order chi connectivity index (χ0) is 13.6. The molecule has 2 fully saturated rings. The van der Waals surface area contributed by atoms with Gasteiger partial charge in [-0.15, -0.1) is 0 Å². The molecule has 1 aromatic carbocycles. The highest BCUT2D eigenvalue weighted by Crippen LogP contribution is 2.28. The van der Waals surface area contributed by atoms with Gasteiger partial charge in [0.1, 0.15) is 11.6 Å². The average molecular weight is 266 g/mol. The number of nitrogens with one attached hydrogen (secondary N) is 1. The fourth-order valence-corrected chi connectivity index (χ4v) is 3.01. The number of rotatable bonds is 1. The fourth-order valence-electron chi connectivity index (χ4n) is 3.01. The Labute approximate surface area is 110 Å². The Balaban J connectivity index is 1.83. The molecule has 3 rings (SSSR count). The third kappa shape index (κ3) is 2.12. The number of fused-ring (bicyclic) bond motifs is 1. The van der Waals surface area contributed by atoms with Crippen LogP contribution < -0.4 is 5.32 Å². The quantitative estimate of drug-likeness (QED) is 0.836. The third-order valence-electron chi connectivity index (χ3n) is 4.16. The number of benzene rings is 1. The molecule has 3 nitrogen and oxygen atoms in total. The van der Waals surface area contributed by atoms with Crippen molar-refractivity contribution in [3.63, 3.8) is 0 Å². The number of nitrogens with zero attached hydrogens (tertiary/aromatic N) is 1. The number of carbonyl (C=O) groups excluding carboxylic acids is 1. The molecule has 0 unspecified atom stereocenters. The Morgan fingerprint density at radius 3 is 2.47 bits per heavy atom. The molecule has 5 heteroatoms. The molecule has 1 N–H and O–H groups in total. The molecule has 0 aromatic heterocycles. The van der Waals surface area contributed by atoms with Gasteiger partial charge < -0.3 is 10.2 Å². The van der Waals surface area contributed by atoms with Crippen LogP contribution in [0.4, 0.5) is 8.78 Å². The number of carbonyl (C=O) groups is 1. The maximum absolute atomic E-state index is 13.7. The lowest BCUT2D eigenvalue weighted by Crippen LogP contribution is -2.32. The van der Waals surface area contributed by atoms with Crippen LogP contribution >= 0.6 is 0 Å². The molecule has 2 atom stereocenters. The van der Waals surface area contributed by atoms with Crippen LogP contribution in [0.2, 0.25) is 0 Å². The summed E-state index contributed by atoms with van der Waals surface area (Å²) >= 11 is 0. The smallest absolute Gasteiger partial charge is 0.256 e. The van der Waals surface area contributed by atoms with Crippen molar-refractivity contribution in [2.45, 2.75) is 6.92 Å². The van der Waals surface area contributed by atoms with Gasteiger partial charge in [-0.05, 0) is 30.4 Å². The first-order valence-electron chi connectivity index (χ1n) is 6.52. The number of halogens is 2. The summed E-state index contributed by atoms with van der Waals surface area (Å²) in [5.74, 6) is -0.781. The normalized spacial score (nSPS) is 25.7. The van der Waals surface area contributed by atoms with Crippen molar-refractivity contribution >= 4 is 5.91 Å². The molecular weight excluding hydrogens is 250 g/mol. The van der Waals surface area contributed by atoms with Crippen LogP contribution in [0.5, 0.6) is 0 Å². The summed E-state index contributed by atoms with van der Waals surface area (Å²) < 4.78 is 26.9. The van der Waals surface area contributed by atoms with Crippen LogP contribution in [0.15, 0.2) is 12.1 Å². The number of hydrogen-bond donors (Lipinski definition) is 1. The second-order valence-electron chi connectivity index (χ2n) is 5.47. The summed E-state index contributed by atoms with van der Waals surface area (Å²) in [5.41, 5.74) is 0.276. The van der Waals surface area contributed by atoms with Crippen molar-refractivity contribution in [3.05, 3.63) is 34.9 Å². The van der Waals surface area contributed by atoms with Gasteiger partial charge in [0, 0.05) is 32.2 Å². The summed E-state index contributed by atoms with van der Waals surface area (Å²) in [6, 6.07) is 2.10. The largest absolute Gasteiger partial charge is 0.338 e. The van der Waals surface area contributed by atoms with Gasteiger partial charge in [-0.2, -0.15) is 0 Å². The van der Waals surface area contributed by atoms with E-state index in [4.69, 9.17) is 0 Å². The van der Waals surface area contributed by atoms with E-state index in [9.17, 15) is 13.6 Å². The predicted molar refractivity (Wildman–Crippen MR) is 66.8 cm³/mol. The van der Waals surface area contributed by atoms with Gasteiger partial charge in [0.15, 0.2) is 0 Å². The molecule has 2 heterocycles. The fraction of sp³-hybridized carbons (Fsp3) is 0.500. The minimum absolute atomic E-state index is 0.0215. The van der Waals surface area contributed by atoms with E-state index in [1.54, 1.807) is 4.90 Å². The Bertz CT molecular complexity index is 520. The Morgan fingerprint density at radius 2 is 1.84 bits per heavy atom. The van der Waals surface area contributed by atoms with E-state index in [1.807, 2.05) is 0 Å². The van der Waals surface area contributed by atoms with Crippen molar-refractivity contribution in [2.24, 2.45) is 11.8 Å². The van der Waals surface area contributed by atoms with E-state index in [1.165, 1.54) is 13.0 Å². The van der Waals surface area contributed by atoms with E-state index >= 15 is 0 Å². The van der Waals surface area contributed by atoms with Gasteiger partial charge in [0.25, 0.3) is 5.91 Å². The molecule has 2 saturated heterocycles. The first kappa shape index (κ1) is 12.5. The molecule has 0 spiro atoms. The molecule has 0 aliphatic carbocycles. The van der Waals surface area contributed by atoms with Crippen LogP contribution in [0, 0.1) is 30.4 Å². The zero-order valence-corrected chi connectivity index (χ0v) is 10.7. The van der Waals surface area contributed by atoms with E-state index < -0.39 is 11.6 Å². The van der Waals surface area contributed by atoms with E-state index in [2.05, 4.69) is 5.32 Å². The molecule has 2 aliphatic heterocycles. The minimum Gasteiger partial charge on any atom is -0.338 e. The number of likely N-dealkylation sites (tertiary alicyclic amines) is 1. The van der Waals surface area contributed by atoms with Crippen LogP contribution in [-0.4, -0.2) is 37.0 Å². The average Bonchev–Trinajstić information content (AvgIpc) is 2.93. The lowest BCUT2D eigenvalue weighted by Gasteiger charge is -2.18. The number of aryl methyl sites for hydroxylation is 1. The molecule has 102 valence electrons. The first-order valence-corrected chi connectivity index (χ1v) is 6.52. The third-order valence-corrected chi connectivity index (χ3v) is 4.16. The molecule has 0 radical (unpaired) electrons. The minimum atomic E-state index is -0.775. The summed E-state index contributed by atoms with van der Waals surface area (Å²) in [6.07, 6.45) is 0. The maximum atomic E-state index is 13.7. The maximum Gasteiger partial charge on any atom is 0.256 e. The molecule has 0 saturated carbocycles. The summed E-state index contributed by atoms with van der Waals surface area (Å²) in [5, 5.41) is 3.29. The molecule has 1 amide bonds. The van der Waals surface area contributed by atoms with Crippen molar-refractivity contribution in [2.75, 3.05) is 26.2 Å². The first-order chi connectivity index (χ1) is 9.06. The second kappa shape index (κ2) is 4.56. The van der Waals surface area contributed by atoms with Gasteiger partial charge in [0.2, 0.25) is 0 Å². The van der Waals surface area contributed by atoms with E-state index in [0.717, 1.165) is 19.2 Å². The molecule has 0 bridgehead atoms. The highest BCUT2D eigenvalue weighted by Gasteiger charge is 2.38. The van der Waals surface area contributed by atoms with Gasteiger partial charge in [-0.1, -0.05) is 0 Å². The van der Waals surface area contributed by atoms with Crippen LogP contribution in [0.1, 0.15) is 15.9 Å². The van der Waals surface area contributed by atoms with Crippen molar-refractivity contribution in [1.29, 1.82) is 0 Å². The van der Waals surface area contributed by atoms with Crippen molar-refractivity contribution in [1.82, 2.24) is 10.2 Å². The summed E-state index contributed by atoms with van der Waals surface area (Å²) in [7, 11) is 0. The molecule has 1 aromatic rings. The van der Waals surface area contributed by atoms with Crippen LogP contribution in [0.25, 0.3) is 0 Å². The number of amides is 1. The SMILES string of the molecule is Cc1cc(C(=O)N2C[C@H]3CNC[C@H]3C2)c(F)cc1F. The predicted octanol–water partition coefficient (Wildman–Crippen LogP) is 1.56. The Morgan fingerprint density at radius 1 is 1.21 bits per heavy atom. The number of hydrogen-bond acceptors (Lipinski definition) is 2. The van der Waals surface area contributed by atoms with Crippen LogP contribution in [0.3, 0.4) is 0 Å². The highest BCUT2D eigenvalue weighted by atomic mass is 19.1. The molecule has 2 aliphatic rings. The van der Waals surface area contributed by atoms with Gasteiger partial charge in [-0.3, -0.25) is 4.79 Å². The van der Waals surface area contributed by atoms with Crippen molar-refractivity contribution in [3.8, 4) is 0 Å². The van der Waals surface area contributed by atoms with Crippen molar-refractivity contribution < 1.29 is 13.6 Å². The van der Waals surface area contributed by atoms with Gasteiger partial charge in [-0.25, -0.2) is 8.78 Å². The Hall–Kier alpha value is -1.49. The zero-order valence-electron chi connectivity index (χ0n) is 10.7. The topological polar surface area (TPSA) is 32.3 Å². The van der Waals surface area contributed by atoms with Gasteiger partial charge in [0.05, 0.1) is 5.56 Å². The monoisotopic (exact) mass is 266 g/mol. The highest BCUT2D eigenvalue weighted by molar-refractivity contribution is 5.95.